The minimum absolute atomic E-state index is 0.0389. The molecule has 1 aliphatic heterocycles. The van der Waals surface area contributed by atoms with Gasteiger partial charge in [-0.1, -0.05) is 35.3 Å². The molecule has 9 heteroatoms. The quantitative estimate of drug-likeness (QED) is 0.432. The van der Waals surface area contributed by atoms with Crippen molar-refractivity contribution in [2.75, 3.05) is 17.8 Å². The van der Waals surface area contributed by atoms with Crippen molar-refractivity contribution in [3.05, 3.63) is 82.3 Å². The monoisotopic (exact) mass is 504 g/mol. The molecule has 0 radical (unpaired) electrons. The highest BCUT2D eigenvalue weighted by molar-refractivity contribution is 7.92. The summed E-state index contributed by atoms with van der Waals surface area (Å²) in [4.78, 5) is 14.5. The second-order valence-corrected chi connectivity index (χ2v) is 10.2. The predicted molar refractivity (Wildman–Crippen MR) is 130 cm³/mol. The van der Waals surface area contributed by atoms with Crippen molar-refractivity contribution >= 4 is 44.8 Å². The summed E-state index contributed by atoms with van der Waals surface area (Å²) in [6.07, 6.45) is 3.11. The molecule has 0 unspecified atom stereocenters. The van der Waals surface area contributed by atoms with Crippen molar-refractivity contribution in [3.8, 4) is 11.5 Å². The van der Waals surface area contributed by atoms with Crippen molar-refractivity contribution in [2.45, 2.75) is 24.2 Å². The molecule has 1 aliphatic rings. The Hall–Kier alpha value is -2.74. The van der Waals surface area contributed by atoms with Crippen LogP contribution in [0.15, 0.2) is 71.6 Å². The summed E-state index contributed by atoms with van der Waals surface area (Å²) in [5, 5.41) is 0.762. The van der Waals surface area contributed by atoms with Gasteiger partial charge in [-0.15, -0.1) is 0 Å². The molecule has 1 fully saturated rings. The number of benzene rings is 3. The van der Waals surface area contributed by atoms with Gasteiger partial charge in [-0.3, -0.25) is 9.52 Å². The van der Waals surface area contributed by atoms with E-state index in [9.17, 15) is 13.2 Å². The summed E-state index contributed by atoms with van der Waals surface area (Å²) >= 11 is 12.1. The van der Waals surface area contributed by atoms with Crippen LogP contribution in [0.3, 0.4) is 0 Å². The molecule has 1 saturated heterocycles. The van der Waals surface area contributed by atoms with Crippen LogP contribution in [-0.4, -0.2) is 32.3 Å². The van der Waals surface area contributed by atoms with E-state index in [2.05, 4.69) is 4.72 Å². The maximum absolute atomic E-state index is 13.0. The molecular formula is C24H22Cl2N2O4S. The maximum atomic E-state index is 13.0. The first-order valence-electron chi connectivity index (χ1n) is 10.5. The van der Waals surface area contributed by atoms with Gasteiger partial charge in [0.1, 0.15) is 5.75 Å². The zero-order valence-electron chi connectivity index (χ0n) is 17.6. The minimum Gasteiger partial charge on any atom is -0.454 e. The van der Waals surface area contributed by atoms with Gasteiger partial charge in [0.15, 0.2) is 5.75 Å². The molecule has 4 rings (SSSR count). The predicted octanol–water partition coefficient (Wildman–Crippen LogP) is 6.21. The van der Waals surface area contributed by atoms with Gasteiger partial charge in [-0.25, -0.2) is 8.42 Å². The molecule has 1 N–H and O–H groups in total. The molecule has 33 heavy (non-hydrogen) atoms. The molecule has 0 atom stereocenters. The van der Waals surface area contributed by atoms with Gasteiger partial charge in [0.25, 0.3) is 15.9 Å². The first-order valence-corrected chi connectivity index (χ1v) is 12.7. The van der Waals surface area contributed by atoms with Gasteiger partial charge in [0.05, 0.1) is 15.6 Å². The van der Waals surface area contributed by atoms with Gasteiger partial charge < -0.3 is 9.64 Å². The second-order valence-electron chi connectivity index (χ2n) is 7.66. The van der Waals surface area contributed by atoms with E-state index >= 15 is 0 Å². The van der Waals surface area contributed by atoms with Crippen molar-refractivity contribution in [1.29, 1.82) is 0 Å². The number of hydrogen-bond acceptors (Lipinski definition) is 4. The number of nitrogens with one attached hydrogen (secondary N) is 1. The lowest BCUT2D eigenvalue weighted by atomic mass is 10.1. The Morgan fingerprint density at radius 2 is 1.58 bits per heavy atom. The van der Waals surface area contributed by atoms with Crippen molar-refractivity contribution < 1.29 is 17.9 Å². The van der Waals surface area contributed by atoms with E-state index in [4.69, 9.17) is 27.9 Å². The van der Waals surface area contributed by atoms with Crippen LogP contribution in [-0.2, 0) is 10.0 Å². The Kier molecular flexibility index (Phi) is 7.12. The average molecular weight is 505 g/mol. The fourth-order valence-corrected chi connectivity index (χ4v) is 5.09. The highest BCUT2D eigenvalue weighted by Crippen LogP contribution is 2.35. The first-order chi connectivity index (χ1) is 15.8. The number of amides is 1. The van der Waals surface area contributed by atoms with E-state index in [0.717, 1.165) is 32.4 Å². The van der Waals surface area contributed by atoms with E-state index in [-0.39, 0.29) is 22.2 Å². The minimum atomic E-state index is -3.92. The number of rotatable bonds is 6. The molecule has 3 aromatic carbocycles. The van der Waals surface area contributed by atoms with E-state index in [0.29, 0.717) is 21.4 Å². The van der Waals surface area contributed by atoms with Crippen molar-refractivity contribution in [1.82, 2.24) is 4.90 Å². The SMILES string of the molecule is O=C(c1ccc(S(=O)(=O)Nc2ccccc2Oc2ccc(Cl)cc2Cl)cc1)N1CCCCC1. The largest absolute Gasteiger partial charge is 0.454 e. The molecule has 0 aliphatic carbocycles. The summed E-state index contributed by atoms with van der Waals surface area (Å²) < 4.78 is 34.4. The molecule has 6 nitrogen and oxygen atoms in total. The first kappa shape index (κ1) is 23.4. The average Bonchev–Trinajstić information content (AvgIpc) is 2.82. The molecule has 1 heterocycles. The topological polar surface area (TPSA) is 75.7 Å². The fraction of sp³-hybridized carbons (Fsp3) is 0.208. The van der Waals surface area contributed by atoms with Gasteiger partial charge in [-0.05, 0) is 73.9 Å². The number of ether oxygens (including phenoxy) is 1. The highest BCUT2D eigenvalue weighted by atomic mass is 35.5. The second kappa shape index (κ2) is 10.0. The normalized spacial score (nSPS) is 14.1. The van der Waals surface area contributed by atoms with Crippen LogP contribution in [0, 0.1) is 0 Å². The highest BCUT2D eigenvalue weighted by Gasteiger charge is 2.21. The molecule has 0 saturated carbocycles. The van der Waals surface area contributed by atoms with E-state index in [1.807, 2.05) is 0 Å². The van der Waals surface area contributed by atoms with Gasteiger partial charge in [0.2, 0.25) is 0 Å². The number of likely N-dealkylation sites (tertiary alicyclic amines) is 1. The Balaban J connectivity index is 1.52. The molecule has 3 aromatic rings. The van der Waals surface area contributed by atoms with Crippen LogP contribution in [0.25, 0.3) is 0 Å². The van der Waals surface area contributed by atoms with Gasteiger partial charge in [-0.2, -0.15) is 0 Å². The van der Waals surface area contributed by atoms with E-state index in [1.165, 1.54) is 18.2 Å². The molecule has 1 amide bonds. The zero-order valence-corrected chi connectivity index (χ0v) is 20.0. The van der Waals surface area contributed by atoms with Gasteiger partial charge >= 0.3 is 0 Å². The van der Waals surface area contributed by atoms with Crippen LogP contribution in [0.1, 0.15) is 29.6 Å². The Morgan fingerprint density at radius 1 is 0.879 bits per heavy atom. The summed E-state index contributed by atoms with van der Waals surface area (Å²) in [6.45, 7) is 1.46. The Bertz CT molecular complexity index is 1260. The van der Waals surface area contributed by atoms with Crippen LogP contribution in [0.2, 0.25) is 10.0 Å². The molecule has 0 spiro atoms. The lowest BCUT2D eigenvalue weighted by Gasteiger charge is -2.26. The number of carbonyl (C=O) groups excluding carboxylic acids is 1. The third-order valence-electron chi connectivity index (χ3n) is 5.30. The third-order valence-corrected chi connectivity index (χ3v) is 7.21. The number of carbonyl (C=O) groups is 1. The molecular weight excluding hydrogens is 483 g/mol. The molecule has 0 aromatic heterocycles. The number of nitrogens with zero attached hydrogens (tertiary/aromatic N) is 1. The lowest BCUT2D eigenvalue weighted by molar-refractivity contribution is 0.0724. The third kappa shape index (κ3) is 5.61. The van der Waals surface area contributed by atoms with E-state index < -0.39 is 10.0 Å². The van der Waals surface area contributed by atoms with Crippen LogP contribution in [0.4, 0.5) is 5.69 Å². The number of piperidine rings is 1. The van der Waals surface area contributed by atoms with Crippen molar-refractivity contribution in [3.63, 3.8) is 0 Å². The number of halogens is 2. The summed E-state index contributed by atoms with van der Waals surface area (Å²) in [5.41, 5.74) is 0.717. The fourth-order valence-electron chi connectivity index (χ4n) is 3.58. The standard InChI is InChI=1S/C24H22Cl2N2O4S/c25-18-10-13-22(20(26)16-18)32-23-7-3-2-6-21(23)27-33(30,31)19-11-8-17(9-12-19)24(29)28-14-4-1-5-15-28/h2-3,6-13,16,27H,1,4-5,14-15H2. The Morgan fingerprint density at radius 3 is 2.27 bits per heavy atom. The van der Waals surface area contributed by atoms with Gasteiger partial charge in [0, 0.05) is 23.7 Å². The summed E-state index contributed by atoms with van der Waals surface area (Å²) in [7, 11) is -3.92. The van der Waals surface area contributed by atoms with Crippen molar-refractivity contribution in [2.24, 2.45) is 0 Å². The summed E-state index contributed by atoms with van der Waals surface area (Å²) in [5.74, 6) is 0.542. The van der Waals surface area contributed by atoms with Crippen LogP contribution < -0.4 is 9.46 Å². The lowest BCUT2D eigenvalue weighted by Crippen LogP contribution is -2.35. The number of para-hydroxylation sites is 2. The zero-order chi connectivity index (χ0) is 23.4. The van der Waals surface area contributed by atoms with Crippen LogP contribution >= 0.6 is 23.2 Å². The summed E-state index contributed by atoms with van der Waals surface area (Å²) in [6, 6.07) is 17.3. The molecule has 172 valence electrons. The number of anilines is 1. The Labute approximate surface area is 203 Å². The molecule has 0 bridgehead atoms. The van der Waals surface area contributed by atoms with E-state index in [1.54, 1.807) is 53.4 Å². The maximum Gasteiger partial charge on any atom is 0.262 e. The smallest absolute Gasteiger partial charge is 0.262 e. The van der Waals surface area contributed by atoms with Crippen LogP contribution in [0.5, 0.6) is 11.5 Å². The number of hydrogen-bond donors (Lipinski definition) is 1. The number of sulfonamides is 1.